The summed E-state index contributed by atoms with van der Waals surface area (Å²) in [6, 6.07) is 0. The van der Waals surface area contributed by atoms with E-state index in [1.165, 1.54) is 0 Å². The van der Waals surface area contributed by atoms with Crippen molar-refractivity contribution >= 4 is 6.34 Å². The number of hydrogen-bond acceptors (Lipinski definition) is 6. The lowest BCUT2D eigenvalue weighted by atomic mass is 11.3. The first-order valence-corrected chi connectivity index (χ1v) is 1.74. The highest BCUT2D eigenvalue weighted by Gasteiger charge is 2.45. The highest BCUT2D eigenvalue weighted by molar-refractivity contribution is 5.38. The van der Waals surface area contributed by atoms with Gasteiger partial charge in [-0.25, -0.2) is 5.41 Å². The number of rotatable bonds is 2. The minimum Gasteiger partial charge on any atom is -0.249 e. The van der Waals surface area contributed by atoms with Crippen LogP contribution in [0.4, 0.5) is 0 Å². The minimum atomic E-state index is -0.903. The Labute approximate surface area is 44.3 Å². The van der Waals surface area contributed by atoms with E-state index in [9.17, 15) is 0 Å². The van der Waals surface area contributed by atoms with Crippen molar-refractivity contribution in [3.8, 4) is 0 Å². The van der Waals surface area contributed by atoms with E-state index in [0.717, 1.165) is 6.34 Å². The Balaban J connectivity index is 2.45. The topological polar surface area (TPSA) is 89.6 Å². The highest BCUT2D eigenvalue weighted by Crippen LogP contribution is 2.08. The van der Waals surface area contributed by atoms with Crippen molar-refractivity contribution in [2.75, 3.05) is 0 Å². The molecular weight excluding hydrogens is 116 g/mol. The van der Waals surface area contributed by atoms with Gasteiger partial charge in [-0.2, -0.15) is 5.90 Å². The Kier molecular flexibility index (Phi) is 1.21. The quantitative estimate of drug-likeness (QED) is 0.179. The van der Waals surface area contributed by atoms with E-state index in [4.69, 9.17) is 5.41 Å². The van der Waals surface area contributed by atoms with Gasteiger partial charge in [0.1, 0.15) is 0 Å². The standard InChI is InChI=1S/CH5N4O3/c2-1-5(6-3)7-4-8-5/h1-2,4H,3H2/q+1. The fraction of sp³-hybridized carbons (Fsp3) is 0. The van der Waals surface area contributed by atoms with E-state index in [-0.39, 0.29) is 0 Å². The van der Waals surface area contributed by atoms with Crippen LogP contribution in [0.5, 0.6) is 0 Å². The number of quaternary nitrogens is 1. The Hall–Kier alpha value is -0.570. The molecular formula is CH5N4O3+. The summed E-state index contributed by atoms with van der Waals surface area (Å²) in [5, 5.41) is 6.56. The molecule has 7 nitrogen and oxygen atoms in total. The van der Waals surface area contributed by atoms with Crippen LogP contribution in [0.1, 0.15) is 0 Å². The van der Waals surface area contributed by atoms with Crippen molar-refractivity contribution in [2.45, 2.75) is 0 Å². The van der Waals surface area contributed by atoms with Crippen LogP contribution in [0.25, 0.3) is 0 Å². The molecule has 0 bridgehead atoms. The zero-order valence-corrected chi connectivity index (χ0v) is 3.83. The molecule has 0 aromatic rings. The van der Waals surface area contributed by atoms with Crippen LogP contribution in [0, 0.1) is 5.41 Å². The van der Waals surface area contributed by atoms with Crippen molar-refractivity contribution in [1.29, 1.82) is 5.41 Å². The molecule has 1 aliphatic rings. The van der Waals surface area contributed by atoms with E-state index in [1.807, 2.05) is 5.64 Å². The van der Waals surface area contributed by atoms with Gasteiger partial charge in [0.15, 0.2) is 0 Å². The number of hydroxylamine groups is 3. The molecule has 1 rings (SSSR count). The smallest absolute Gasteiger partial charge is 0.249 e. The average Bonchev–Trinajstić information content (AvgIpc) is 1.67. The van der Waals surface area contributed by atoms with Gasteiger partial charge < -0.3 is 0 Å². The van der Waals surface area contributed by atoms with E-state index in [1.54, 1.807) is 0 Å². The van der Waals surface area contributed by atoms with Crippen molar-refractivity contribution in [1.82, 2.24) is 5.64 Å². The van der Waals surface area contributed by atoms with E-state index < -0.39 is 4.97 Å². The van der Waals surface area contributed by atoms with Crippen molar-refractivity contribution in [3.05, 3.63) is 0 Å². The second-order valence-electron chi connectivity index (χ2n) is 1.04. The Morgan fingerprint density at radius 3 is 2.38 bits per heavy atom. The largest absolute Gasteiger partial charge is 0.294 e. The fourth-order valence-corrected chi connectivity index (χ4v) is 0.237. The molecule has 1 fully saturated rings. The van der Waals surface area contributed by atoms with E-state index in [0.29, 0.717) is 0 Å². The second-order valence-corrected chi connectivity index (χ2v) is 1.04. The van der Waals surface area contributed by atoms with Crippen molar-refractivity contribution in [2.24, 2.45) is 5.90 Å². The molecule has 0 spiro atoms. The summed E-state index contributed by atoms with van der Waals surface area (Å²) in [6.07, 6.45) is 0.719. The van der Waals surface area contributed by atoms with Crippen LogP contribution in [-0.2, 0) is 14.8 Å². The maximum Gasteiger partial charge on any atom is 0.294 e. The lowest BCUT2D eigenvalue weighted by Gasteiger charge is -2.25. The zero-order chi connectivity index (χ0) is 6.04. The third-order valence-corrected chi connectivity index (χ3v) is 0.634. The summed E-state index contributed by atoms with van der Waals surface area (Å²) in [5.74, 6) is 4.61. The van der Waals surface area contributed by atoms with Gasteiger partial charge in [-0.05, 0) is 4.94 Å². The molecule has 0 atom stereocenters. The van der Waals surface area contributed by atoms with Gasteiger partial charge in [0.2, 0.25) is 4.97 Å². The molecule has 7 heteroatoms. The molecule has 0 aromatic heterocycles. The third-order valence-electron chi connectivity index (χ3n) is 0.634. The Bertz CT molecular complexity index is 93.9. The number of nitrogens with one attached hydrogen (secondary N) is 2. The first-order valence-electron chi connectivity index (χ1n) is 1.74. The van der Waals surface area contributed by atoms with E-state index in [2.05, 4.69) is 20.7 Å². The SMILES string of the molecule is N=C[N+]1(ON)ONO1. The molecule has 0 aromatic carbocycles. The Morgan fingerprint density at radius 1 is 1.75 bits per heavy atom. The molecule has 0 aliphatic carbocycles. The normalized spacial score (nSPS) is 24.1. The summed E-state index contributed by atoms with van der Waals surface area (Å²) in [5.41, 5.74) is 1.92. The van der Waals surface area contributed by atoms with Crippen LogP contribution in [0.15, 0.2) is 0 Å². The van der Waals surface area contributed by atoms with Crippen LogP contribution in [0.2, 0.25) is 0 Å². The number of nitrogens with two attached hydrogens (primary N) is 1. The second kappa shape index (κ2) is 1.74. The predicted octanol–water partition coefficient (Wildman–Crippen LogP) is -1.49. The van der Waals surface area contributed by atoms with Gasteiger partial charge in [0.05, 0.1) is 0 Å². The van der Waals surface area contributed by atoms with Gasteiger partial charge in [0.25, 0.3) is 6.34 Å². The molecule has 1 heterocycles. The third kappa shape index (κ3) is 0.591. The monoisotopic (exact) mass is 121 g/mol. The molecule has 0 saturated carbocycles. The molecule has 0 unspecified atom stereocenters. The zero-order valence-electron chi connectivity index (χ0n) is 3.83. The van der Waals surface area contributed by atoms with Gasteiger partial charge in [-0.15, -0.1) is 0 Å². The lowest BCUT2D eigenvalue weighted by molar-refractivity contribution is -1.39. The van der Waals surface area contributed by atoms with Gasteiger partial charge >= 0.3 is 0 Å². The summed E-state index contributed by atoms with van der Waals surface area (Å²) >= 11 is 0. The van der Waals surface area contributed by atoms with Crippen molar-refractivity contribution in [3.63, 3.8) is 0 Å². The first kappa shape index (κ1) is 5.56. The molecule has 1 aliphatic heterocycles. The molecule has 0 radical (unpaired) electrons. The Morgan fingerprint density at radius 2 is 2.38 bits per heavy atom. The molecule has 8 heavy (non-hydrogen) atoms. The maximum atomic E-state index is 6.56. The minimum absolute atomic E-state index is 0.719. The predicted molar refractivity (Wildman–Crippen MR) is 19.6 cm³/mol. The first-order chi connectivity index (χ1) is 3.83. The summed E-state index contributed by atoms with van der Waals surface area (Å²) < 4.78 is 0. The lowest BCUT2D eigenvalue weighted by Crippen LogP contribution is -2.63. The van der Waals surface area contributed by atoms with Crippen LogP contribution in [-0.4, -0.2) is 11.3 Å². The summed E-state index contributed by atoms with van der Waals surface area (Å²) in [7, 11) is 0. The highest BCUT2D eigenvalue weighted by atomic mass is 17.4. The van der Waals surface area contributed by atoms with Crippen molar-refractivity contribution < 1.29 is 19.8 Å². The maximum absolute atomic E-state index is 6.56. The average molecular weight is 121 g/mol. The fourth-order valence-electron chi connectivity index (χ4n) is 0.237. The number of hydrogen-bond donors (Lipinski definition) is 3. The molecule has 1 saturated heterocycles. The summed E-state index contributed by atoms with van der Waals surface area (Å²) in [4.78, 5) is 11.7. The van der Waals surface area contributed by atoms with Crippen LogP contribution in [0.3, 0.4) is 0 Å². The summed E-state index contributed by atoms with van der Waals surface area (Å²) in [6.45, 7) is 0. The van der Waals surface area contributed by atoms with Gasteiger partial charge in [0, 0.05) is 15.5 Å². The van der Waals surface area contributed by atoms with Crippen LogP contribution >= 0.6 is 0 Å². The molecule has 0 amide bonds. The molecule has 46 valence electrons. The molecule has 4 N–H and O–H groups in total. The van der Waals surface area contributed by atoms with Gasteiger partial charge in [-0.3, -0.25) is 0 Å². The van der Waals surface area contributed by atoms with Gasteiger partial charge in [-0.1, -0.05) is 0 Å². The number of nitrogens with zero attached hydrogens (tertiary/aromatic N) is 1. The van der Waals surface area contributed by atoms with E-state index >= 15 is 0 Å². The van der Waals surface area contributed by atoms with Crippen LogP contribution < -0.4 is 11.5 Å².